The first-order valence-corrected chi connectivity index (χ1v) is 7.73. The number of piperazine rings is 1. The first kappa shape index (κ1) is 13.8. The van der Waals surface area contributed by atoms with Gasteiger partial charge in [-0.15, -0.1) is 0 Å². The highest BCUT2D eigenvalue weighted by molar-refractivity contribution is 7.89. The molecule has 18 heavy (non-hydrogen) atoms. The molecule has 1 atom stereocenters. The molecule has 1 fully saturated rings. The van der Waals surface area contributed by atoms with E-state index in [-0.39, 0.29) is 10.9 Å². The summed E-state index contributed by atoms with van der Waals surface area (Å²) in [5, 5.41) is 3.47. The van der Waals surface area contributed by atoms with E-state index >= 15 is 0 Å². The number of hydrogen-bond donors (Lipinski definition) is 1. The Bertz CT molecular complexity index is 545. The molecule has 1 N–H and O–H groups in total. The number of aryl methyl sites for hydroxylation is 1. The third-order valence-corrected chi connectivity index (χ3v) is 5.61. The average Bonchev–Trinajstić information content (AvgIpc) is 2.28. The molecule has 1 aliphatic heterocycles. The summed E-state index contributed by atoms with van der Waals surface area (Å²) in [4.78, 5) is 0.198. The fourth-order valence-corrected chi connectivity index (χ4v) is 4.33. The molecular formula is C12H17ClN2O2S. The predicted octanol–water partition coefficient (Wildman–Crippen LogP) is 1.63. The Morgan fingerprint density at radius 1 is 1.44 bits per heavy atom. The van der Waals surface area contributed by atoms with Crippen LogP contribution in [-0.4, -0.2) is 38.4 Å². The van der Waals surface area contributed by atoms with E-state index in [1.807, 2.05) is 13.8 Å². The lowest BCUT2D eigenvalue weighted by molar-refractivity contribution is 0.284. The highest BCUT2D eigenvalue weighted by atomic mass is 35.5. The minimum atomic E-state index is -3.50. The van der Waals surface area contributed by atoms with Crippen LogP contribution in [-0.2, 0) is 10.0 Å². The Kier molecular flexibility index (Phi) is 3.96. The van der Waals surface area contributed by atoms with Crippen molar-refractivity contribution in [3.63, 3.8) is 0 Å². The molecule has 6 heteroatoms. The summed E-state index contributed by atoms with van der Waals surface area (Å²) in [5.74, 6) is 0. The molecule has 0 radical (unpaired) electrons. The number of nitrogens with one attached hydrogen (secondary N) is 1. The van der Waals surface area contributed by atoms with E-state index in [0.717, 1.165) is 5.56 Å². The molecule has 2 rings (SSSR count). The molecule has 1 aromatic carbocycles. The van der Waals surface area contributed by atoms with Crippen molar-refractivity contribution in [1.29, 1.82) is 0 Å². The molecule has 0 saturated carbocycles. The number of benzene rings is 1. The largest absolute Gasteiger partial charge is 0.314 e. The Hall–Kier alpha value is -0.620. The van der Waals surface area contributed by atoms with Crippen LogP contribution in [0.3, 0.4) is 0 Å². The quantitative estimate of drug-likeness (QED) is 0.900. The van der Waals surface area contributed by atoms with Gasteiger partial charge in [0.15, 0.2) is 0 Å². The summed E-state index contributed by atoms with van der Waals surface area (Å²) in [6, 6.07) is 4.98. The van der Waals surface area contributed by atoms with Crippen LogP contribution in [0.2, 0.25) is 5.02 Å². The molecule has 1 heterocycles. The molecule has 100 valence electrons. The summed E-state index contributed by atoms with van der Waals surface area (Å²) in [6.07, 6.45) is 0. The van der Waals surface area contributed by atoms with Gasteiger partial charge < -0.3 is 5.32 Å². The Morgan fingerprint density at radius 3 is 2.78 bits per heavy atom. The van der Waals surface area contributed by atoms with Gasteiger partial charge in [0, 0.05) is 25.7 Å². The van der Waals surface area contributed by atoms with Crippen molar-refractivity contribution >= 4 is 21.6 Å². The molecule has 0 amide bonds. The summed E-state index contributed by atoms with van der Waals surface area (Å²) in [7, 11) is -3.50. The number of hydrogen-bond acceptors (Lipinski definition) is 3. The van der Waals surface area contributed by atoms with Crippen molar-refractivity contribution in [2.45, 2.75) is 24.8 Å². The average molecular weight is 289 g/mol. The van der Waals surface area contributed by atoms with Crippen molar-refractivity contribution < 1.29 is 8.42 Å². The predicted molar refractivity (Wildman–Crippen MR) is 72.4 cm³/mol. The zero-order valence-corrected chi connectivity index (χ0v) is 12.1. The second-order valence-corrected chi connectivity index (χ2v) is 6.87. The van der Waals surface area contributed by atoms with E-state index in [1.54, 1.807) is 18.2 Å². The van der Waals surface area contributed by atoms with E-state index in [9.17, 15) is 8.42 Å². The van der Waals surface area contributed by atoms with Crippen LogP contribution in [0.1, 0.15) is 12.5 Å². The van der Waals surface area contributed by atoms with Gasteiger partial charge >= 0.3 is 0 Å². The summed E-state index contributed by atoms with van der Waals surface area (Å²) >= 11 is 6.06. The molecule has 0 aromatic heterocycles. The smallest absolute Gasteiger partial charge is 0.244 e. The molecule has 0 aliphatic carbocycles. The van der Waals surface area contributed by atoms with Crippen LogP contribution < -0.4 is 5.32 Å². The summed E-state index contributed by atoms with van der Waals surface area (Å²) < 4.78 is 26.6. The zero-order valence-electron chi connectivity index (χ0n) is 10.5. The lowest BCUT2D eigenvalue weighted by Crippen LogP contribution is -2.52. The van der Waals surface area contributed by atoms with E-state index in [4.69, 9.17) is 11.6 Å². The maximum Gasteiger partial charge on any atom is 0.244 e. The molecule has 4 nitrogen and oxygen atoms in total. The summed E-state index contributed by atoms with van der Waals surface area (Å²) in [6.45, 7) is 5.60. The van der Waals surface area contributed by atoms with Crippen LogP contribution in [0, 0.1) is 6.92 Å². The minimum absolute atomic E-state index is 0.0545. The highest BCUT2D eigenvalue weighted by Crippen LogP contribution is 2.27. The second kappa shape index (κ2) is 5.17. The van der Waals surface area contributed by atoms with Gasteiger partial charge in [0.05, 0.1) is 5.02 Å². The molecule has 0 bridgehead atoms. The lowest BCUT2D eigenvalue weighted by Gasteiger charge is -2.33. The third-order valence-electron chi connectivity index (χ3n) is 3.11. The van der Waals surface area contributed by atoms with Gasteiger partial charge in [-0.3, -0.25) is 0 Å². The van der Waals surface area contributed by atoms with Gasteiger partial charge in [0.25, 0.3) is 0 Å². The maximum absolute atomic E-state index is 12.5. The topological polar surface area (TPSA) is 49.4 Å². The van der Waals surface area contributed by atoms with Gasteiger partial charge in [0.2, 0.25) is 10.0 Å². The van der Waals surface area contributed by atoms with E-state index in [1.165, 1.54) is 4.31 Å². The first-order chi connectivity index (χ1) is 8.43. The van der Waals surface area contributed by atoms with Crippen molar-refractivity contribution in [3.8, 4) is 0 Å². The van der Waals surface area contributed by atoms with Gasteiger partial charge in [-0.05, 0) is 31.5 Å². The Balaban J connectivity index is 2.41. The monoisotopic (exact) mass is 288 g/mol. The van der Waals surface area contributed by atoms with Gasteiger partial charge in [-0.1, -0.05) is 17.7 Å². The Morgan fingerprint density at radius 2 is 2.17 bits per heavy atom. The fourth-order valence-electron chi connectivity index (χ4n) is 2.12. The van der Waals surface area contributed by atoms with Crippen LogP contribution >= 0.6 is 11.6 Å². The molecule has 1 aromatic rings. The standard InChI is InChI=1S/C12H17ClN2O2S/c1-9-3-4-12(11(13)7-9)18(16,17)15-6-5-14-8-10(15)2/h3-4,7,10,14H,5-6,8H2,1-2H3. The fraction of sp³-hybridized carbons (Fsp3) is 0.500. The second-order valence-electron chi connectivity index (χ2n) is 4.60. The van der Waals surface area contributed by atoms with Gasteiger partial charge in [-0.25, -0.2) is 8.42 Å². The van der Waals surface area contributed by atoms with Crippen molar-refractivity contribution in [1.82, 2.24) is 9.62 Å². The molecule has 0 spiro atoms. The number of sulfonamides is 1. The van der Waals surface area contributed by atoms with E-state index < -0.39 is 10.0 Å². The SMILES string of the molecule is Cc1ccc(S(=O)(=O)N2CCNCC2C)c(Cl)c1. The highest BCUT2D eigenvalue weighted by Gasteiger charge is 2.32. The molecule has 1 aliphatic rings. The van der Waals surface area contributed by atoms with E-state index in [2.05, 4.69) is 5.32 Å². The van der Waals surface area contributed by atoms with Crippen molar-refractivity contribution in [2.24, 2.45) is 0 Å². The molecular weight excluding hydrogens is 272 g/mol. The van der Waals surface area contributed by atoms with Gasteiger partial charge in [0.1, 0.15) is 4.90 Å². The van der Waals surface area contributed by atoms with Crippen LogP contribution in [0.5, 0.6) is 0 Å². The van der Waals surface area contributed by atoms with Crippen molar-refractivity contribution in [2.75, 3.05) is 19.6 Å². The number of rotatable bonds is 2. The zero-order chi connectivity index (χ0) is 13.3. The van der Waals surface area contributed by atoms with Crippen LogP contribution in [0.25, 0.3) is 0 Å². The molecule has 1 unspecified atom stereocenters. The van der Waals surface area contributed by atoms with Crippen LogP contribution in [0.15, 0.2) is 23.1 Å². The Labute approximate surface area is 113 Å². The number of halogens is 1. The van der Waals surface area contributed by atoms with Crippen molar-refractivity contribution in [3.05, 3.63) is 28.8 Å². The van der Waals surface area contributed by atoms with Crippen LogP contribution in [0.4, 0.5) is 0 Å². The van der Waals surface area contributed by atoms with E-state index in [0.29, 0.717) is 24.7 Å². The third kappa shape index (κ3) is 2.54. The number of nitrogens with zero attached hydrogens (tertiary/aromatic N) is 1. The normalized spacial score (nSPS) is 22.1. The lowest BCUT2D eigenvalue weighted by atomic mass is 10.2. The maximum atomic E-state index is 12.5. The summed E-state index contributed by atoms with van der Waals surface area (Å²) in [5.41, 5.74) is 0.951. The van der Waals surface area contributed by atoms with Gasteiger partial charge in [-0.2, -0.15) is 4.31 Å². The minimum Gasteiger partial charge on any atom is -0.314 e. The first-order valence-electron chi connectivity index (χ1n) is 5.91. The molecule has 1 saturated heterocycles.